The van der Waals surface area contributed by atoms with E-state index in [4.69, 9.17) is 4.74 Å². The van der Waals surface area contributed by atoms with E-state index < -0.39 is 11.8 Å². The van der Waals surface area contributed by atoms with Gasteiger partial charge < -0.3 is 15.4 Å². The monoisotopic (exact) mass is 410 g/mol. The van der Waals surface area contributed by atoms with Crippen LogP contribution in [0.2, 0.25) is 0 Å². The third-order valence-corrected chi connectivity index (χ3v) is 4.14. The van der Waals surface area contributed by atoms with E-state index in [1.807, 2.05) is 38.1 Å². The van der Waals surface area contributed by atoms with E-state index in [2.05, 4.69) is 21.2 Å². The van der Waals surface area contributed by atoms with Crippen molar-refractivity contribution < 1.29 is 19.1 Å². The van der Waals surface area contributed by atoms with Gasteiger partial charge in [0.1, 0.15) is 5.75 Å². The van der Waals surface area contributed by atoms with Crippen LogP contribution < -0.4 is 20.8 Å². The molecule has 0 spiro atoms. The Morgan fingerprint density at radius 1 is 1.10 bits per heavy atom. The van der Waals surface area contributed by atoms with Gasteiger partial charge in [-0.05, 0) is 50.1 Å². The molecule has 0 bridgehead atoms. The van der Waals surface area contributed by atoms with Gasteiger partial charge in [0, 0.05) is 11.7 Å². The summed E-state index contributed by atoms with van der Waals surface area (Å²) in [5, 5.41) is 9.08. The Kier molecular flexibility index (Phi) is 8.56. The first kappa shape index (κ1) is 22.6. The van der Waals surface area contributed by atoms with Gasteiger partial charge in [0.15, 0.2) is 6.61 Å². The van der Waals surface area contributed by atoms with Crippen LogP contribution in [-0.2, 0) is 14.4 Å². The SMILES string of the molecule is CC[C@H](C)NC(=O)C(=O)N/N=C\c1cccc(OCC(=O)Nc2ccc(C)cc2)c1. The molecule has 3 N–H and O–H groups in total. The first-order chi connectivity index (χ1) is 14.4. The van der Waals surface area contributed by atoms with Crippen LogP contribution >= 0.6 is 0 Å². The highest BCUT2D eigenvalue weighted by molar-refractivity contribution is 6.35. The number of anilines is 1. The molecule has 0 heterocycles. The van der Waals surface area contributed by atoms with E-state index in [1.54, 1.807) is 31.2 Å². The maximum atomic E-state index is 12.0. The largest absolute Gasteiger partial charge is 0.484 e. The van der Waals surface area contributed by atoms with Crippen molar-refractivity contribution in [2.24, 2.45) is 5.10 Å². The highest BCUT2D eigenvalue weighted by atomic mass is 16.5. The number of ether oxygens (including phenoxy) is 1. The quantitative estimate of drug-likeness (QED) is 0.353. The summed E-state index contributed by atoms with van der Waals surface area (Å²) < 4.78 is 5.50. The van der Waals surface area contributed by atoms with E-state index in [0.29, 0.717) is 17.0 Å². The summed E-state index contributed by atoms with van der Waals surface area (Å²) in [6.45, 7) is 5.53. The fraction of sp³-hybridized carbons (Fsp3) is 0.273. The molecule has 2 rings (SSSR count). The van der Waals surface area contributed by atoms with Crippen LogP contribution in [0, 0.1) is 6.92 Å². The Labute approximate surface area is 175 Å². The number of benzene rings is 2. The second-order valence-electron chi connectivity index (χ2n) is 6.76. The van der Waals surface area contributed by atoms with Gasteiger partial charge in [0.05, 0.1) is 6.21 Å². The van der Waals surface area contributed by atoms with Crippen molar-refractivity contribution in [1.29, 1.82) is 0 Å². The third kappa shape index (κ3) is 7.75. The zero-order valence-electron chi connectivity index (χ0n) is 17.3. The molecule has 2 aromatic rings. The number of carbonyl (C=O) groups is 3. The van der Waals surface area contributed by atoms with E-state index in [0.717, 1.165) is 12.0 Å². The maximum Gasteiger partial charge on any atom is 0.329 e. The maximum absolute atomic E-state index is 12.0. The molecule has 3 amide bonds. The minimum atomic E-state index is -0.841. The van der Waals surface area contributed by atoms with Gasteiger partial charge in [-0.25, -0.2) is 5.43 Å². The van der Waals surface area contributed by atoms with E-state index in [1.165, 1.54) is 6.21 Å². The molecule has 0 unspecified atom stereocenters. The fourth-order valence-electron chi connectivity index (χ4n) is 2.28. The number of hydrogen-bond acceptors (Lipinski definition) is 5. The van der Waals surface area contributed by atoms with E-state index in [-0.39, 0.29) is 18.6 Å². The molecule has 0 aliphatic rings. The second kappa shape index (κ2) is 11.4. The van der Waals surface area contributed by atoms with Crippen LogP contribution in [0.5, 0.6) is 5.75 Å². The van der Waals surface area contributed by atoms with Crippen molar-refractivity contribution in [3.05, 3.63) is 59.7 Å². The topological polar surface area (TPSA) is 109 Å². The summed E-state index contributed by atoms with van der Waals surface area (Å²) in [5.74, 6) is -1.39. The molecular formula is C22H26N4O4. The average Bonchev–Trinajstić information content (AvgIpc) is 2.74. The molecule has 0 aliphatic heterocycles. The van der Waals surface area contributed by atoms with Gasteiger partial charge in [-0.1, -0.05) is 36.8 Å². The molecular weight excluding hydrogens is 384 g/mol. The van der Waals surface area contributed by atoms with Crippen LogP contribution in [0.25, 0.3) is 0 Å². The number of amides is 3. The Morgan fingerprint density at radius 3 is 2.53 bits per heavy atom. The summed E-state index contributed by atoms with van der Waals surface area (Å²) in [6, 6.07) is 14.2. The lowest BCUT2D eigenvalue weighted by Gasteiger charge is -2.09. The molecule has 1 atom stereocenters. The van der Waals surface area contributed by atoms with E-state index >= 15 is 0 Å². The third-order valence-electron chi connectivity index (χ3n) is 4.14. The smallest absolute Gasteiger partial charge is 0.329 e. The van der Waals surface area contributed by atoms with Gasteiger partial charge in [0.25, 0.3) is 5.91 Å². The van der Waals surface area contributed by atoms with Gasteiger partial charge in [0.2, 0.25) is 0 Å². The Morgan fingerprint density at radius 2 is 1.83 bits per heavy atom. The lowest BCUT2D eigenvalue weighted by atomic mass is 10.2. The Hall–Kier alpha value is -3.68. The molecule has 0 saturated heterocycles. The Bertz CT molecular complexity index is 910. The predicted molar refractivity (Wildman–Crippen MR) is 115 cm³/mol. The zero-order valence-corrected chi connectivity index (χ0v) is 17.3. The molecule has 0 aliphatic carbocycles. The molecule has 0 radical (unpaired) electrons. The molecule has 8 nitrogen and oxygen atoms in total. The standard InChI is InChI=1S/C22H26N4O4/c1-4-16(3)24-21(28)22(29)26-23-13-17-6-5-7-19(12-17)30-14-20(27)25-18-10-8-15(2)9-11-18/h5-13,16H,4,14H2,1-3H3,(H,24,28)(H,25,27)(H,26,29)/b23-13-/t16-/m0/s1. The highest BCUT2D eigenvalue weighted by Crippen LogP contribution is 2.13. The van der Waals surface area contributed by atoms with E-state index in [9.17, 15) is 14.4 Å². The molecule has 158 valence electrons. The summed E-state index contributed by atoms with van der Waals surface area (Å²) in [4.78, 5) is 35.4. The van der Waals surface area contributed by atoms with Crippen molar-refractivity contribution in [3.63, 3.8) is 0 Å². The normalized spacial score (nSPS) is 11.6. The summed E-state index contributed by atoms with van der Waals surface area (Å²) >= 11 is 0. The van der Waals surface area contributed by atoms with Crippen molar-refractivity contribution in [3.8, 4) is 5.75 Å². The summed E-state index contributed by atoms with van der Waals surface area (Å²) in [5.41, 5.74) is 4.61. The number of nitrogens with zero attached hydrogens (tertiary/aromatic N) is 1. The molecule has 30 heavy (non-hydrogen) atoms. The number of carbonyl (C=O) groups excluding carboxylic acids is 3. The first-order valence-electron chi connectivity index (χ1n) is 9.60. The molecule has 8 heteroatoms. The Balaban J connectivity index is 1.83. The fourth-order valence-corrected chi connectivity index (χ4v) is 2.28. The predicted octanol–water partition coefficient (Wildman–Crippen LogP) is 2.38. The summed E-state index contributed by atoms with van der Waals surface area (Å²) in [7, 11) is 0. The molecule has 0 saturated carbocycles. The van der Waals surface area contributed by atoms with Gasteiger partial charge >= 0.3 is 11.8 Å². The molecule has 0 fully saturated rings. The highest BCUT2D eigenvalue weighted by Gasteiger charge is 2.14. The lowest BCUT2D eigenvalue weighted by molar-refractivity contribution is -0.139. The van der Waals surface area contributed by atoms with Crippen LogP contribution in [0.4, 0.5) is 5.69 Å². The van der Waals surface area contributed by atoms with Crippen LogP contribution in [0.1, 0.15) is 31.4 Å². The van der Waals surface area contributed by atoms with Gasteiger partial charge in [-0.15, -0.1) is 0 Å². The number of hydrogen-bond donors (Lipinski definition) is 3. The van der Waals surface area contributed by atoms with Crippen molar-refractivity contribution in [2.45, 2.75) is 33.2 Å². The molecule has 0 aromatic heterocycles. The van der Waals surface area contributed by atoms with Gasteiger partial charge in [-0.3, -0.25) is 14.4 Å². The average molecular weight is 410 g/mol. The van der Waals surface area contributed by atoms with Crippen LogP contribution in [-0.4, -0.2) is 36.6 Å². The van der Waals surface area contributed by atoms with Gasteiger partial charge in [-0.2, -0.15) is 5.10 Å². The van der Waals surface area contributed by atoms with Crippen molar-refractivity contribution in [1.82, 2.24) is 10.7 Å². The number of nitrogens with one attached hydrogen (secondary N) is 3. The van der Waals surface area contributed by atoms with Crippen LogP contribution in [0.15, 0.2) is 53.6 Å². The number of hydrazone groups is 1. The summed E-state index contributed by atoms with van der Waals surface area (Å²) in [6.07, 6.45) is 2.10. The van der Waals surface area contributed by atoms with Crippen LogP contribution in [0.3, 0.4) is 0 Å². The minimum absolute atomic E-state index is 0.0933. The molecule has 2 aromatic carbocycles. The number of aryl methyl sites for hydroxylation is 1. The minimum Gasteiger partial charge on any atom is -0.484 e. The number of rotatable bonds is 8. The van der Waals surface area contributed by atoms with Crippen molar-refractivity contribution >= 4 is 29.6 Å². The lowest BCUT2D eigenvalue weighted by Crippen LogP contribution is -2.41. The first-order valence-corrected chi connectivity index (χ1v) is 9.60. The second-order valence-corrected chi connectivity index (χ2v) is 6.76. The van der Waals surface area contributed by atoms with Crippen molar-refractivity contribution in [2.75, 3.05) is 11.9 Å². The zero-order chi connectivity index (χ0) is 21.9.